The van der Waals surface area contributed by atoms with Crippen LogP contribution in [-0.2, 0) is 13.1 Å². The Bertz CT molecular complexity index is 892. The maximum atomic E-state index is 5.90. The number of fused-ring (bicyclic) bond motifs is 1. The number of rotatable bonds is 9. The molecule has 0 spiro atoms. The van der Waals surface area contributed by atoms with Gasteiger partial charge in [-0.15, -0.1) is 0 Å². The van der Waals surface area contributed by atoms with E-state index in [1.807, 2.05) is 30.3 Å². The summed E-state index contributed by atoms with van der Waals surface area (Å²) in [6.45, 7) is 5.51. The van der Waals surface area contributed by atoms with E-state index in [9.17, 15) is 0 Å². The Kier molecular flexibility index (Phi) is 6.19. The summed E-state index contributed by atoms with van der Waals surface area (Å²) in [4.78, 5) is 7.91. The topological polar surface area (TPSA) is 68.4 Å². The maximum Gasteiger partial charge on any atom is 0.161 e. The van der Waals surface area contributed by atoms with Crippen molar-refractivity contribution >= 4 is 11.0 Å². The number of ether oxygens (including phenoxy) is 3. The fraction of sp³-hybridized carbons (Fsp3) is 0.381. The molecule has 0 aliphatic carbocycles. The summed E-state index contributed by atoms with van der Waals surface area (Å²) in [6, 6.07) is 11.8. The van der Waals surface area contributed by atoms with E-state index < -0.39 is 0 Å². The van der Waals surface area contributed by atoms with E-state index in [0.717, 1.165) is 46.1 Å². The summed E-state index contributed by atoms with van der Waals surface area (Å²) in [5, 5.41) is 3.41. The number of aromatic nitrogens is 2. The van der Waals surface area contributed by atoms with Crippen molar-refractivity contribution in [3.8, 4) is 17.2 Å². The van der Waals surface area contributed by atoms with Crippen LogP contribution >= 0.6 is 0 Å². The number of imidazole rings is 1. The molecule has 6 nitrogen and oxygen atoms in total. The van der Waals surface area contributed by atoms with Crippen LogP contribution in [0.3, 0.4) is 0 Å². The molecule has 0 amide bonds. The molecule has 0 saturated heterocycles. The normalized spacial score (nSPS) is 12.1. The van der Waals surface area contributed by atoms with Gasteiger partial charge in [-0.1, -0.05) is 13.0 Å². The maximum absolute atomic E-state index is 5.90. The van der Waals surface area contributed by atoms with E-state index in [2.05, 4.69) is 35.2 Å². The van der Waals surface area contributed by atoms with Gasteiger partial charge in [-0.05, 0) is 43.2 Å². The zero-order valence-corrected chi connectivity index (χ0v) is 16.3. The van der Waals surface area contributed by atoms with Crippen molar-refractivity contribution in [3.63, 3.8) is 0 Å². The van der Waals surface area contributed by atoms with Crippen LogP contribution in [0.1, 0.15) is 31.7 Å². The summed E-state index contributed by atoms with van der Waals surface area (Å²) in [5.74, 6) is 3.24. The highest BCUT2D eigenvalue weighted by molar-refractivity contribution is 5.76. The highest BCUT2D eigenvalue weighted by Crippen LogP contribution is 2.29. The number of hydrogen-bond donors (Lipinski definition) is 2. The molecule has 27 heavy (non-hydrogen) atoms. The lowest BCUT2D eigenvalue weighted by Crippen LogP contribution is -2.14. The fourth-order valence-corrected chi connectivity index (χ4v) is 2.80. The lowest BCUT2D eigenvalue weighted by molar-refractivity contribution is 0.207. The van der Waals surface area contributed by atoms with Crippen LogP contribution in [0.2, 0.25) is 0 Å². The first-order valence-corrected chi connectivity index (χ1v) is 9.19. The van der Waals surface area contributed by atoms with Gasteiger partial charge in [-0.3, -0.25) is 0 Å². The molecule has 0 unspecified atom stereocenters. The Labute approximate surface area is 159 Å². The third-order valence-corrected chi connectivity index (χ3v) is 4.49. The smallest absolute Gasteiger partial charge is 0.161 e. The van der Waals surface area contributed by atoms with Crippen LogP contribution < -0.4 is 19.5 Å². The van der Waals surface area contributed by atoms with Crippen LogP contribution in [0.15, 0.2) is 36.4 Å². The molecule has 2 N–H and O–H groups in total. The summed E-state index contributed by atoms with van der Waals surface area (Å²) in [7, 11) is 3.33. The molecular formula is C21H27N3O3. The first kappa shape index (κ1) is 19.0. The molecule has 1 atom stereocenters. The average Bonchev–Trinajstić information content (AvgIpc) is 3.10. The van der Waals surface area contributed by atoms with Crippen molar-refractivity contribution in [3.05, 3.63) is 47.8 Å². The second kappa shape index (κ2) is 8.77. The average molecular weight is 369 g/mol. The molecule has 3 aromatic rings. The first-order chi connectivity index (χ1) is 13.1. The molecule has 0 radical (unpaired) electrons. The van der Waals surface area contributed by atoms with E-state index in [1.54, 1.807) is 14.2 Å². The number of methoxy groups -OCH3 is 2. The molecule has 6 heteroatoms. The molecule has 1 heterocycles. The lowest BCUT2D eigenvalue weighted by Gasteiger charge is -2.16. The largest absolute Gasteiger partial charge is 0.497 e. The van der Waals surface area contributed by atoms with Crippen molar-refractivity contribution in [2.45, 2.75) is 39.5 Å². The molecule has 0 fully saturated rings. The van der Waals surface area contributed by atoms with E-state index >= 15 is 0 Å². The molecule has 0 aliphatic rings. The monoisotopic (exact) mass is 369 g/mol. The van der Waals surface area contributed by atoms with Gasteiger partial charge in [-0.25, -0.2) is 4.98 Å². The number of nitrogens with zero attached hydrogens (tertiary/aromatic N) is 1. The van der Waals surface area contributed by atoms with Gasteiger partial charge in [0.15, 0.2) is 11.5 Å². The van der Waals surface area contributed by atoms with Crippen molar-refractivity contribution in [1.29, 1.82) is 0 Å². The van der Waals surface area contributed by atoms with Gasteiger partial charge in [0.1, 0.15) is 11.6 Å². The Balaban J connectivity index is 1.61. The van der Waals surface area contributed by atoms with Crippen LogP contribution in [-0.4, -0.2) is 30.3 Å². The lowest BCUT2D eigenvalue weighted by atomic mass is 10.2. The molecule has 1 aromatic heterocycles. The van der Waals surface area contributed by atoms with Crippen LogP contribution in [0.5, 0.6) is 17.2 Å². The van der Waals surface area contributed by atoms with E-state index in [0.29, 0.717) is 13.1 Å². The van der Waals surface area contributed by atoms with Crippen molar-refractivity contribution in [1.82, 2.24) is 15.3 Å². The Morgan fingerprint density at radius 2 is 1.89 bits per heavy atom. The third-order valence-electron chi connectivity index (χ3n) is 4.49. The zero-order valence-electron chi connectivity index (χ0n) is 16.3. The highest BCUT2D eigenvalue weighted by atomic mass is 16.5. The second-order valence-corrected chi connectivity index (χ2v) is 6.49. The van der Waals surface area contributed by atoms with Crippen molar-refractivity contribution in [2.75, 3.05) is 14.2 Å². The summed E-state index contributed by atoms with van der Waals surface area (Å²) >= 11 is 0. The molecule has 0 saturated carbocycles. The minimum absolute atomic E-state index is 0.162. The number of hydrogen-bond acceptors (Lipinski definition) is 5. The number of H-pyrrole nitrogens is 1. The van der Waals surface area contributed by atoms with E-state index in [-0.39, 0.29) is 6.10 Å². The van der Waals surface area contributed by atoms with Crippen LogP contribution in [0.25, 0.3) is 11.0 Å². The Morgan fingerprint density at radius 1 is 1.04 bits per heavy atom. The Morgan fingerprint density at radius 3 is 2.63 bits per heavy atom. The fourth-order valence-electron chi connectivity index (χ4n) is 2.80. The molecule has 0 bridgehead atoms. The Hall–Kier alpha value is -2.73. The zero-order chi connectivity index (χ0) is 19.2. The predicted molar refractivity (Wildman–Crippen MR) is 107 cm³/mol. The number of benzene rings is 2. The summed E-state index contributed by atoms with van der Waals surface area (Å²) in [6.07, 6.45) is 1.12. The summed E-state index contributed by atoms with van der Waals surface area (Å²) < 4.78 is 16.6. The first-order valence-electron chi connectivity index (χ1n) is 9.19. The van der Waals surface area contributed by atoms with Gasteiger partial charge in [0.2, 0.25) is 0 Å². The number of aromatic amines is 1. The molecule has 144 valence electrons. The van der Waals surface area contributed by atoms with Gasteiger partial charge in [0.05, 0.1) is 37.9 Å². The second-order valence-electron chi connectivity index (χ2n) is 6.49. The van der Waals surface area contributed by atoms with Gasteiger partial charge >= 0.3 is 0 Å². The van der Waals surface area contributed by atoms with Gasteiger partial charge in [0.25, 0.3) is 0 Å². The SMILES string of the molecule is CC[C@@H](C)Oc1ccc(CNCc2nc3ccc(OC)cc3[nH]2)cc1OC. The third kappa shape index (κ3) is 4.71. The highest BCUT2D eigenvalue weighted by Gasteiger charge is 2.09. The van der Waals surface area contributed by atoms with Gasteiger partial charge in [0, 0.05) is 12.6 Å². The van der Waals surface area contributed by atoms with E-state index in [4.69, 9.17) is 14.2 Å². The molecular weight excluding hydrogens is 342 g/mol. The van der Waals surface area contributed by atoms with Crippen LogP contribution in [0.4, 0.5) is 0 Å². The predicted octanol–water partition coefficient (Wildman–Crippen LogP) is 4.05. The van der Waals surface area contributed by atoms with Gasteiger partial charge in [-0.2, -0.15) is 0 Å². The van der Waals surface area contributed by atoms with Crippen molar-refractivity contribution in [2.24, 2.45) is 0 Å². The quantitative estimate of drug-likeness (QED) is 0.596. The molecule has 2 aromatic carbocycles. The van der Waals surface area contributed by atoms with E-state index in [1.165, 1.54) is 0 Å². The summed E-state index contributed by atoms with van der Waals surface area (Å²) in [5.41, 5.74) is 3.03. The number of nitrogens with one attached hydrogen (secondary N) is 2. The van der Waals surface area contributed by atoms with Crippen LogP contribution in [0, 0.1) is 0 Å². The van der Waals surface area contributed by atoms with Crippen molar-refractivity contribution < 1.29 is 14.2 Å². The minimum Gasteiger partial charge on any atom is -0.497 e. The minimum atomic E-state index is 0.162. The molecule has 3 rings (SSSR count). The standard InChI is InChI=1S/C21H27N3O3/c1-5-14(2)27-19-9-6-15(10-20(19)26-4)12-22-13-21-23-17-8-7-16(25-3)11-18(17)24-21/h6-11,14,22H,5,12-13H2,1-4H3,(H,23,24)/t14-/m1/s1. The molecule has 0 aliphatic heterocycles. The van der Waals surface area contributed by atoms with Gasteiger partial charge < -0.3 is 24.5 Å².